The number of aromatic nitrogens is 1. The molecule has 7 nitrogen and oxygen atoms in total. The minimum atomic E-state index is -0.583. The molecule has 2 aliphatic rings. The number of carbonyl (C=O) groups excluding carboxylic acids is 3. The minimum absolute atomic E-state index is 0.0483. The fourth-order valence-corrected chi connectivity index (χ4v) is 3.19. The third-order valence-corrected chi connectivity index (χ3v) is 4.53. The van der Waals surface area contributed by atoms with Crippen LogP contribution in [-0.4, -0.2) is 46.9 Å². The Labute approximate surface area is 134 Å². The maximum Gasteiger partial charge on any atom is 0.322 e. The lowest BCUT2D eigenvalue weighted by Crippen LogP contribution is -2.39. The summed E-state index contributed by atoms with van der Waals surface area (Å²) in [5.74, 6) is 0.174. The third kappa shape index (κ3) is 3.67. The van der Waals surface area contributed by atoms with Crippen molar-refractivity contribution in [2.75, 3.05) is 13.1 Å². The molecular weight excluding hydrogens is 296 g/mol. The SMILES string of the molecule is O=C1NC(=O)[C@H](CCC(=O)N2CCC(c3ccncc3)CC2)N1. The maximum atomic E-state index is 12.3. The van der Waals surface area contributed by atoms with E-state index in [1.165, 1.54) is 5.56 Å². The van der Waals surface area contributed by atoms with Crippen molar-refractivity contribution in [1.82, 2.24) is 20.5 Å². The van der Waals surface area contributed by atoms with Crippen molar-refractivity contribution in [2.24, 2.45) is 0 Å². The predicted molar refractivity (Wildman–Crippen MR) is 82.5 cm³/mol. The molecule has 23 heavy (non-hydrogen) atoms. The predicted octanol–water partition coefficient (Wildman–Crippen LogP) is 0.776. The van der Waals surface area contributed by atoms with Crippen LogP contribution in [0.2, 0.25) is 0 Å². The van der Waals surface area contributed by atoms with E-state index >= 15 is 0 Å². The van der Waals surface area contributed by atoms with Crippen LogP contribution in [0.4, 0.5) is 4.79 Å². The zero-order chi connectivity index (χ0) is 16.2. The van der Waals surface area contributed by atoms with Crippen molar-refractivity contribution < 1.29 is 14.4 Å². The fourth-order valence-electron chi connectivity index (χ4n) is 3.19. The molecule has 122 valence electrons. The molecule has 0 saturated carbocycles. The Balaban J connectivity index is 1.45. The van der Waals surface area contributed by atoms with Gasteiger partial charge in [-0.15, -0.1) is 0 Å². The number of nitrogens with one attached hydrogen (secondary N) is 2. The average Bonchev–Trinajstić information content (AvgIpc) is 2.91. The second-order valence-electron chi connectivity index (χ2n) is 5.99. The van der Waals surface area contributed by atoms with Crippen molar-refractivity contribution in [3.63, 3.8) is 0 Å². The summed E-state index contributed by atoms with van der Waals surface area (Å²) in [6, 6.07) is 3.00. The summed E-state index contributed by atoms with van der Waals surface area (Å²) in [7, 11) is 0. The van der Waals surface area contributed by atoms with Crippen molar-refractivity contribution >= 4 is 17.8 Å². The molecule has 0 aliphatic carbocycles. The molecule has 3 heterocycles. The number of nitrogens with zero attached hydrogens (tertiary/aromatic N) is 2. The topological polar surface area (TPSA) is 91.4 Å². The normalized spacial score (nSPS) is 21.9. The number of pyridine rings is 1. The molecule has 7 heteroatoms. The zero-order valence-corrected chi connectivity index (χ0v) is 12.8. The largest absolute Gasteiger partial charge is 0.343 e. The van der Waals surface area contributed by atoms with Gasteiger partial charge in [0.1, 0.15) is 6.04 Å². The molecule has 4 amide bonds. The van der Waals surface area contributed by atoms with Gasteiger partial charge in [-0.05, 0) is 42.9 Å². The number of rotatable bonds is 4. The molecule has 1 aromatic heterocycles. The maximum absolute atomic E-state index is 12.3. The van der Waals surface area contributed by atoms with Gasteiger partial charge in [0.15, 0.2) is 0 Å². The molecule has 2 fully saturated rings. The Morgan fingerprint density at radius 2 is 1.91 bits per heavy atom. The number of likely N-dealkylation sites (tertiary alicyclic amines) is 1. The molecule has 0 aromatic carbocycles. The number of urea groups is 1. The number of hydrogen-bond donors (Lipinski definition) is 2. The smallest absolute Gasteiger partial charge is 0.322 e. The first-order chi connectivity index (χ1) is 11.1. The van der Waals surface area contributed by atoms with Crippen LogP contribution in [0.25, 0.3) is 0 Å². The highest BCUT2D eigenvalue weighted by atomic mass is 16.2. The zero-order valence-electron chi connectivity index (χ0n) is 12.8. The second kappa shape index (κ2) is 6.76. The lowest BCUT2D eigenvalue weighted by atomic mass is 9.90. The van der Waals surface area contributed by atoms with Crippen molar-refractivity contribution in [3.05, 3.63) is 30.1 Å². The molecule has 0 spiro atoms. The summed E-state index contributed by atoms with van der Waals surface area (Å²) in [5, 5.41) is 4.69. The number of piperidine rings is 1. The highest BCUT2D eigenvalue weighted by Gasteiger charge is 2.30. The number of imide groups is 1. The third-order valence-electron chi connectivity index (χ3n) is 4.53. The summed E-state index contributed by atoms with van der Waals surface area (Å²) in [6.07, 6.45) is 6.10. The quantitative estimate of drug-likeness (QED) is 0.803. The van der Waals surface area contributed by atoms with E-state index in [2.05, 4.69) is 15.6 Å². The number of hydrogen-bond acceptors (Lipinski definition) is 4. The monoisotopic (exact) mass is 316 g/mol. The molecule has 1 aromatic rings. The average molecular weight is 316 g/mol. The van der Waals surface area contributed by atoms with E-state index < -0.39 is 12.1 Å². The fraction of sp³-hybridized carbons (Fsp3) is 0.500. The van der Waals surface area contributed by atoms with Gasteiger partial charge in [-0.3, -0.25) is 19.9 Å². The van der Waals surface area contributed by atoms with Gasteiger partial charge in [0.25, 0.3) is 5.91 Å². The molecule has 1 atom stereocenters. The van der Waals surface area contributed by atoms with E-state index in [4.69, 9.17) is 0 Å². The van der Waals surface area contributed by atoms with E-state index in [1.807, 2.05) is 17.0 Å². The van der Waals surface area contributed by atoms with Crippen molar-refractivity contribution in [1.29, 1.82) is 0 Å². The van der Waals surface area contributed by atoms with E-state index in [-0.39, 0.29) is 18.2 Å². The van der Waals surface area contributed by atoms with Gasteiger partial charge in [0, 0.05) is 31.9 Å². The molecule has 0 bridgehead atoms. The van der Waals surface area contributed by atoms with Crippen LogP contribution in [0.1, 0.15) is 37.2 Å². The van der Waals surface area contributed by atoms with Gasteiger partial charge in [-0.25, -0.2) is 4.79 Å². The molecular formula is C16H20N4O3. The number of amides is 4. The Bertz CT molecular complexity index is 597. The molecule has 0 unspecified atom stereocenters. The lowest BCUT2D eigenvalue weighted by molar-refractivity contribution is -0.132. The van der Waals surface area contributed by atoms with Gasteiger partial charge < -0.3 is 10.2 Å². The summed E-state index contributed by atoms with van der Waals surface area (Å²) < 4.78 is 0. The van der Waals surface area contributed by atoms with E-state index in [9.17, 15) is 14.4 Å². The first-order valence-corrected chi connectivity index (χ1v) is 7.92. The molecule has 2 aliphatic heterocycles. The first-order valence-electron chi connectivity index (χ1n) is 7.92. The van der Waals surface area contributed by atoms with Gasteiger partial charge in [0.2, 0.25) is 5.91 Å². The van der Waals surface area contributed by atoms with Gasteiger partial charge in [-0.2, -0.15) is 0 Å². The lowest BCUT2D eigenvalue weighted by Gasteiger charge is -2.32. The highest BCUT2D eigenvalue weighted by Crippen LogP contribution is 2.27. The van der Waals surface area contributed by atoms with Gasteiger partial charge >= 0.3 is 6.03 Å². The van der Waals surface area contributed by atoms with Gasteiger partial charge in [-0.1, -0.05) is 0 Å². The standard InChI is InChI=1S/C16H20N4O3/c21-14(2-1-13-15(22)19-16(23)18-13)20-9-5-12(6-10-20)11-3-7-17-8-4-11/h3-4,7-8,12-13H,1-2,5-6,9-10H2,(H2,18,19,22,23)/t13-/m0/s1. The van der Waals surface area contributed by atoms with Crippen LogP contribution in [0, 0.1) is 0 Å². The van der Waals surface area contributed by atoms with Crippen LogP contribution in [0.5, 0.6) is 0 Å². The Morgan fingerprint density at radius 1 is 1.22 bits per heavy atom. The Kier molecular flexibility index (Phi) is 4.55. The first kappa shape index (κ1) is 15.5. The molecule has 2 saturated heterocycles. The van der Waals surface area contributed by atoms with Crippen LogP contribution < -0.4 is 10.6 Å². The van der Waals surface area contributed by atoms with Crippen LogP contribution in [0.15, 0.2) is 24.5 Å². The summed E-state index contributed by atoms with van der Waals surface area (Å²) in [5.41, 5.74) is 1.28. The molecule has 2 N–H and O–H groups in total. The Morgan fingerprint density at radius 3 is 2.52 bits per heavy atom. The van der Waals surface area contributed by atoms with E-state index in [1.54, 1.807) is 12.4 Å². The summed E-state index contributed by atoms with van der Waals surface area (Å²) >= 11 is 0. The van der Waals surface area contributed by atoms with Crippen molar-refractivity contribution in [2.45, 2.75) is 37.6 Å². The minimum Gasteiger partial charge on any atom is -0.343 e. The highest BCUT2D eigenvalue weighted by molar-refractivity contribution is 6.04. The number of carbonyl (C=O) groups is 3. The van der Waals surface area contributed by atoms with Crippen LogP contribution in [-0.2, 0) is 9.59 Å². The Hall–Kier alpha value is -2.44. The van der Waals surface area contributed by atoms with E-state index in [0.29, 0.717) is 12.3 Å². The van der Waals surface area contributed by atoms with Gasteiger partial charge in [0.05, 0.1) is 0 Å². The van der Waals surface area contributed by atoms with Crippen LogP contribution in [0.3, 0.4) is 0 Å². The summed E-state index contributed by atoms with van der Waals surface area (Å²) in [6.45, 7) is 1.46. The van der Waals surface area contributed by atoms with Crippen molar-refractivity contribution in [3.8, 4) is 0 Å². The second-order valence-corrected chi connectivity index (χ2v) is 5.99. The molecule has 0 radical (unpaired) electrons. The van der Waals surface area contributed by atoms with E-state index in [0.717, 1.165) is 25.9 Å². The summed E-state index contributed by atoms with van der Waals surface area (Å²) in [4.78, 5) is 40.6. The molecule has 3 rings (SSSR count). The van der Waals surface area contributed by atoms with Crippen LogP contribution >= 0.6 is 0 Å².